The van der Waals surface area contributed by atoms with Crippen LogP contribution in [-0.4, -0.2) is 52.0 Å². The van der Waals surface area contributed by atoms with Crippen LogP contribution in [0.4, 0.5) is 0 Å². The highest BCUT2D eigenvalue weighted by molar-refractivity contribution is 7.89. The molecule has 6 nitrogen and oxygen atoms in total. The van der Waals surface area contributed by atoms with Crippen molar-refractivity contribution in [2.24, 2.45) is 0 Å². The molecule has 0 bridgehead atoms. The van der Waals surface area contributed by atoms with E-state index >= 15 is 0 Å². The van der Waals surface area contributed by atoms with E-state index in [2.05, 4.69) is 5.32 Å². The number of likely N-dealkylation sites (N-methyl/N-ethyl adjacent to an activating group) is 1. The largest absolute Gasteiger partial charge is 0.465 e. The van der Waals surface area contributed by atoms with Gasteiger partial charge in [-0.15, -0.1) is 0 Å². The Morgan fingerprint density at radius 3 is 2.82 bits per heavy atom. The standard InChI is InChI=1S/C15H22N2O4S/c1-11-6-7-13(9-14(11)15(18)21-3)22(19,20)17-8-4-5-12(17)10-16-2/h6-7,9,12,16H,4-5,8,10H2,1-3H3. The van der Waals surface area contributed by atoms with Gasteiger partial charge in [0.25, 0.3) is 0 Å². The first-order valence-corrected chi connectivity index (χ1v) is 8.71. The summed E-state index contributed by atoms with van der Waals surface area (Å²) in [6.07, 6.45) is 1.69. The van der Waals surface area contributed by atoms with Crippen LogP contribution >= 0.6 is 0 Å². The van der Waals surface area contributed by atoms with E-state index in [0.29, 0.717) is 18.7 Å². The summed E-state index contributed by atoms with van der Waals surface area (Å²) in [4.78, 5) is 11.9. The van der Waals surface area contributed by atoms with Gasteiger partial charge >= 0.3 is 5.97 Å². The number of esters is 1. The molecule has 1 atom stereocenters. The van der Waals surface area contributed by atoms with Gasteiger partial charge in [0.1, 0.15) is 0 Å². The van der Waals surface area contributed by atoms with Crippen LogP contribution in [0.5, 0.6) is 0 Å². The number of aryl methyl sites for hydroxylation is 1. The number of methoxy groups -OCH3 is 1. The fourth-order valence-electron chi connectivity index (χ4n) is 2.79. The molecule has 2 rings (SSSR count). The zero-order valence-corrected chi connectivity index (χ0v) is 13.9. The van der Waals surface area contributed by atoms with E-state index in [1.165, 1.54) is 17.5 Å². The van der Waals surface area contributed by atoms with Crippen molar-refractivity contribution in [3.05, 3.63) is 29.3 Å². The van der Waals surface area contributed by atoms with Crippen LogP contribution in [-0.2, 0) is 14.8 Å². The van der Waals surface area contributed by atoms with Gasteiger partial charge in [-0.2, -0.15) is 4.31 Å². The van der Waals surface area contributed by atoms with Gasteiger partial charge in [-0.05, 0) is 44.5 Å². The van der Waals surface area contributed by atoms with Gasteiger partial charge in [0.05, 0.1) is 17.6 Å². The predicted molar refractivity (Wildman–Crippen MR) is 83.4 cm³/mol. The van der Waals surface area contributed by atoms with Crippen molar-refractivity contribution < 1.29 is 17.9 Å². The van der Waals surface area contributed by atoms with E-state index < -0.39 is 16.0 Å². The Balaban J connectivity index is 2.39. The quantitative estimate of drug-likeness (QED) is 0.822. The first kappa shape index (κ1) is 16.9. The van der Waals surface area contributed by atoms with Crippen molar-refractivity contribution in [2.45, 2.75) is 30.7 Å². The maximum absolute atomic E-state index is 12.8. The van der Waals surface area contributed by atoms with E-state index in [-0.39, 0.29) is 16.5 Å². The fraction of sp³-hybridized carbons (Fsp3) is 0.533. The molecule has 122 valence electrons. The molecule has 0 radical (unpaired) electrons. The molecule has 1 heterocycles. The fourth-order valence-corrected chi connectivity index (χ4v) is 4.51. The van der Waals surface area contributed by atoms with Crippen molar-refractivity contribution in [2.75, 3.05) is 27.2 Å². The van der Waals surface area contributed by atoms with E-state index in [9.17, 15) is 13.2 Å². The maximum Gasteiger partial charge on any atom is 0.338 e. The van der Waals surface area contributed by atoms with Crippen LogP contribution in [0.1, 0.15) is 28.8 Å². The van der Waals surface area contributed by atoms with Crippen molar-refractivity contribution in [3.63, 3.8) is 0 Å². The van der Waals surface area contributed by atoms with Gasteiger partial charge in [0.2, 0.25) is 10.0 Å². The van der Waals surface area contributed by atoms with Gasteiger partial charge in [-0.3, -0.25) is 0 Å². The molecule has 1 aromatic carbocycles. The third-order valence-electron chi connectivity index (χ3n) is 3.98. The smallest absolute Gasteiger partial charge is 0.338 e. The second-order valence-electron chi connectivity index (χ2n) is 5.44. The number of ether oxygens (including phenoxy) is 1. The number of sulfonamides is 1. The molecule has 7 heteroatoms. The third kappa shape index (κ3) is 3.16. The van der Waals surface area contributed by atoms with Crippen LogP contribution in [0.2, 0.25) is 0 Å². The average Bonchev–Trinajstić information content (AvgIpc) is 2.96. The lowest BCUT2D eigenvalue weighted by atomic mass is 10.1. The minimum Gasteiger partial charge on any atom is -0.465 e. The van der Waals surface area contributed by atoms with Crippen molar-refractivity contribution in [3.8, 4) is 0 Å². The number of nitrogens with zero attached hydrogens (tertiary/aromatic N) is 1. The van der Waals surface area contributed by atoms with Crippen LogP contribution in [0.25, 0.3) is 0 Å². The summed E-state index contributed by atoms with van der Waals surface area (Å²) in [6, 6.07) is 4.55. The number of hydrogen-bond donors (Lipinski definition) is 1. The van der Waals surface area contributed by atoms with Crippen LogP contribution in [0.15, 0.2) is 23.1 Å². The predicted octanol–water partition coefficient (Wildman–Crippen LogP) is 1.15. The number of hydrogen-bond acceptors (Lipinski definition) is 5. The molecule has 1 aromatic rings. The highest BCUT2D eigenvalue weighted by Crippen LogP contribution is 2.27. The molecule has 0 spiro atoms. The topological polar surface area (TPSA) is 75.7 Å². The van der Waals surface area contributed by atoms with Gasteiger partial charge < -0.3 is 10.1 Å². The Hall–Kier alpha value is -1.44. The molecule has 0 aromatic heterocycles. The summed E-state index contributed by atoms with van der Waals surface area (Å²) in [5.74, 6) is -0.525. The summed E-state index contributed by atoms with van der Waals surface area (Å²) in [6.45, 7) is 2.88. The number of benzene rings is 1. The highest BCUT2D eigenvalue weighted by Gasteiger charge is 2.35. The number of rotatable bonds is 5. The van der Waals surface area contributed by atoms with Crippen molar-refractivity contribution in [1.29, 1.82) is 0 Å². The lowest BCUT2D eigenvalue weighted by molar-refractivity contribution is 0.0599. The van der Waals surface area contributed by atoms with Gasteiger partial charge in [-0.1, -0.05) is 6.07 Å². The lowest BCUT2D eigenvalue weighted by Crippen LogP contribution is -2.40. The molecule has 1 unspecified atom stereocenters. The summed E-state index contributed by atoms with van der Waals surface area (Å²) in [7, 11) is -0.512. The van der Waals surface area contributed by atoms with E-state index in [0.717, 1.165) is 12.8 Å². The summed E-state index contributed by atoms with van der Waals surface area (Å²) in [5, 5.41) is 3.03. The molecule has 1 aliphatic heterocycles. The van der Waals surface area contributed by atoms with Gasteiger partial charge in [0, 0.05) is 19.1 Å². The number of carbonyl (C=O) groups excluding carboxylic acids is 1. The van der Waals surface area contributed by atoms with Gasteiger partial charge in [0.15, 0.2) is 0 Å². The second kappa shape index (κ2) is 6.76. The molecule has 1 aliphatic rings. The molecule has 1 fully saturated rings. The van der Waals surface area contributed by atoms with Gasteiger partial charge in [-0.25, -0.2) is 13.2 Å². The number of nitrogens with one attached hydrogen (secondary N) is 1. The third-order valence-corrected chi connectivity index (χ3v) is 5.93. The van der Waals surface area contributed by atoms with Crippen molar-refractivity contribution in [1.82, 2.24) is 9.62 Å². The Morgan fingerprint density at radius 1 is 1.45 bits per heavy atom. The molecule has 0 aliphatic carbocycles. The Kier molecular flexibility index (Phi) is 5.20. The molecular weight excluding hydrogens is 304 g/mol. The lowest BCUT2D eigenvalue weighted by Gasteiger charge is -2.24. The monoisotopic (exact) mass is 326 g/mol. The molecular formula is C15H22N2O4S. The molecule has 0 amide bonds. The van der Waals surface area contributed by atoms with Crippen LogP contribution in [0, 0.1) is 6.92 Å². The first-order chi connectivity index (χ1) is 10.4. The minimum atomic E-state index is -3.61. The summed E-state index contributed by atoms with van der Waals surface area (Å²) >= 11 is 0. The summed E-state index contributed by atoms with van der Waals surface area (Å²) in [5.41, 5.74) is 0.979. The van der Waals surface area contributed by atoms with E-state index in [1.54, 1.807) is 19.1 Å². The average molecular weight is 326 g/mol. The Labute approximate surface area is 131 Å². The SMILES string of the molecule is CNCC1CCCN1S(=O)(=O)c1ccc(C)c(C(=O)OC)c1. The molecule has 1 N–H and O–H groups in total. The number of carbonyl (C=O) groups is 1. The Bertz CT molecular complexity index is 658. The molecule has 1 saturated heterocycles. The van der Waals surface area contributed by atoms with Crippen LogP contribution in [0.3, 0.4) is 0 Å². The molecule has 22 heavy (non-hydrogen) atoms. The van der Waals surface area contributed by atoms with Crippen molar-refractivity contribution >= 4 is 16.0 Å². The van der Waals surface area contributed by atoms with Crippen LogP contribution < -0.4 is 5.32 Å². The second-order valence-corrected chi connectivity index (χ2v) is 7.33. The Morgan fingerprint density at radius 2 is 2.18 bits per heavy atom. The molecule has 0 saturated carbocycles. The minimum absolute atomic E-state index is 0.0436. The zero-order valence-electron chi connectivity index (χ0n) is 13.1. The summed E-state index contributed by atoms with van der Waals surface area (Å²) < 4.78 is 31.9. The zero-order chi connectivity index (χ0) is 16.3. The van der Waals surface area contributed by atoms with E-state index in [4.69, 9.17) is 4.74 Å². The maximum atomic E-state index is 12.8. The highest BCUT2D eigenvalue weighted by atomic mass is 32.2. The first-order valence-electron chi connectivity index (χ1n) is 7.27. The normalized spacial score (nSPS) is 19.3. The van der Waals surface area contributed by atoms with E-state index in [1.807, 2.05) is 7.05 Å².